The summed E-state index contributed by atoms with van der Waals surface area (Å²) in [6.07, 6.45) is 68.5. The second-order valence-corrected chi connectivity index (χ2v) is 18.8. The quantitative estimate of drug-likeness (QED) is 0.0346. The lowest BCUT2D eigenvalue weighted by atomic mass is 10.0. The van der Waals surface area contributed by atoms with Crippen molar-refractivity contribution < 1.29 is 23.8 Å². The minimum atomic E-state index is -0.548. The first-order valence-electron chi connectivity index (χ1n) is 28.2. The Hall–Kier alpha value is -2.14. The van der Waals surface area contributed by atoms with Gasteiger partial charge in [0.2, 0.25) is 0 Å². The van der Waals surface area contributed by atoms with Crippen LogP contribution in [0.1, 0.15) is 290 Å². The van der Waals surface area contributed by atoms with Crippen LogP contribution >= 0.6 is 0 Å². The topological polar surface area (TPSA) is 61.8 Å². The van der Waals surface area contributed by atoms with Gasteiger partial charge in [-0.05, 0) is 57.8 Å². The molecule has 0 aromatic heterocycles. The number of hydrogen-bond acceptors (Lipinski definition) is 5. The summed E-state index contributed by atoms with van der Waals surface area (Å²) >= 11 is 0. The molecule has 0 saturated heterocycles. The number of ether oxygens (including phenoxy) is 3. The summed E-state index contributed by atoms with van der Waals surface area (Å²) in [5.74, 6) is -0.428. The molecule has 0 aliphatic carbocycles. The Balaban J connectivity index is 4.28. The molecule has 0 saturated carbocycles. The van der Waals surface area contributed by atoms with Crippen LogP contribution < -0.4 is 0 Å². The van der Waals surface area contributed by atoms with Crippen molar-refractivity contribution in [3.05, 3.63) is 48.6 Å². The van der Waals surface area contributed by atoms with Crippen molar-refractivity contribution in [2.24, 2.45) is 0 Å². The van der Waals surface area contributed by atoms with E-state index in [1.165, 1.54) is 186 Å². The van der Waals surface area contributed by atoms with E-state index in [-0.39, 0.29) is 25.2 Å². The Labute approximate surface area is 399 Å². The van der Waals surface area contributed by atoms with Crippen molar-refractivity contribution in [3.8, 4) is 0 Å². The zero-order valence-electron chi connectivity index (χ0n) is 43.1. The van der Waals surface area contributed by atoms with Crippen LogP contribution in [0.3, 0.4) is 0 Å². The molecule has 5 nitrogen and oxygen atoms in total. The van der Waals surface area contributed by atoms with Gasteiger partial charge in [0.05, 0.1) is 6.61 Å². The normalized spacial score (nSPS) is 12.5. The maximum absolute atomic E-state index is 12.8. The van der Waals surface area contributed by atoms with Gasteiger partial charge in [-0.2, -0.15) is 0 Å². The third-order valence-corrected chi connectivity index (χ3v) is 12.4. The molecule has 0 aromatic rings. The van der Waals surface area contributed by atoms with Crippen molar-refractivity contribution in [1.82, 2.24) is 0 Å². The lowest BCUT2D eigenvalue weighted by Gasteiger charge is -2.18. The molecule has 0 heterocycles. The summed E-state index contributed by atoms with van der Waals surface area (Å²) in [6.45, 7) is 7.73. The molecule has 5 heteroatoms. The van der Waals surface area contributed by atoms with Crippen molar-refractivity contribution in [1.29, 1.82) is 0 Å². The van der Waals surface area contributed by atoms with Crippen LogP contribution in [0.5, 0.6) is 0 Å². The lowest BCUT2D eigenvalue weighted by Crippen LogP contribution is -2.30. The van der Waals surface area contributed by atoms with E-state index in [1.54, 1.807) is 0 Å². The summed E-state index contributed by atoms with van der Waals surface area (Å²) in [4.78, 5) is 25.5. The van der Waals surface area contributed by atoms with Gasteiger partial charge < -0.3 is 14.2 Å². The molecule has 64 heavy (non-hydrogen) atoms. The highest BCUT2D eigenvalue weighted by Crippen LogP contribution is 2.16. The van der Waals surface area contributed by atoms with Crippen LogP contribution in [0.4, 0.5) is 0 Å². The van der Waals surface area contributed by atoms with E-state index < -0.39 is 6.10 Å². The molecule has 0 spiro atoms. The minimum Gasteiger partial charge on any atom is -0.462 e. The zero-order valence-corrected chi connectivity index (χ0v) is 43.1. The van der Waals surface area contributed by atoms with E-state index in [1.807, 2.05) is 0 Å². The van der Waals surface area contributed by atoms with Crippen molar-refractivity contribution in [2.45, 2.75) is 297 Å². The second-order valence-electron chi connectivity index (χ2n) is 18.8. The summed E-state index contributed by atoms with van der Waals surface area (Å²) < 4.78 is 17.4. The van der Waals surface area contributed by atoms with Gasteiger partial charge in [-0.1, -0.05) is 268 Å². The van der Waals surface area contributed by atoms with Gasteiger partial charge in [0.15, 0.2) is 6.10 Å². The van der Waals surface area contributed by atoms with Gasteiger partial charge in [0.1, 0.15) is 6.61 Å². The Morgan fingerprint density at radius 1 is 0.359 bits per heavy atom. The summed E-state index contributed by atoms with van der Waals surface area (Å²) in [5.41, 5.74) is 0. The largest absolute Gasteiger partial charge is 0.462 e. The van der Waals surface area contributed by atoms with Crippen molar-refractivity contribution >= 4 is 11.9 Å². The maximum Gasteiger partial charge on any atom is 0.306 e. The van der Waals surface area contributed by atoms with E-state index in [0.717, 1.165) is 70.6 Å². The predicted octanol–water partition coefficient (Wildman–Crippen LogP) is 19.1. The van der Waals surface area contributed by atoms with E-state index >= 15 is 0 Å². The van der Waals surface area contributed by atoms with E-state index in [4.69, 9.17) is 14.2 Å². The molecule has 0 aromatic carbocycles. The molecule has 374 valence electrons. The van der Waals surface area contributed by atoms with Crippen molar-refractivity contribution in [2.75, 3.05) is 19.8 Å². The first kappa shape index (κ1) is 61.9. The number of esters is 2. The molecule has 0 unspecified atom stereocenters. The number of rotatable bonds is 52. The highest BCUT2D eigenvalue weighted by atomic mass is 16.6. The molecule has 0 rings (SSSR count). The van der Waals surface area contributed by atoms with Crippen LogP contribution in [0.25, 0.3) is 0 Å². The minimum absolute atomic E-state index is 0.0689. The van der Waals surface area contributed by atoms with Gasteiger partial charge in [0.25, 0.3) is 0 Å². The summed E-state index contributed by atoms with van der Waals surface area (Å²) in [7, 11) is 0. The van der Waals surface area contributed by atoms with E-state index in [9.17, 15) is 9.59 Å². The molecular weight excluding hydrogens is 789 g/mol. The number of unbranched alkanes of at least 4 members (excludes halogenated alkanes) is 33. The molecule has 0 bridgehead atoms. The Bertz CT molecular complexity index is 1060. The predicted molar refractivity (Wildman–Crippen MR) is 279 cm³/mol. The number of hydrogen-bond donors (Lipinski definition) is 0. The van der Waals surface area contributed by atoms with E-state index in [2.05, 4.69) is 69.4 Å². The smallest absolute Gasteiger partial charge is 0.306 e. The molecule has 0 radical (unpaired) electrons. The molecule has 1 atom stereocenters. The van der Waals surface area contributed by atoms with Gasteiger partial charge in [-0.25, -0.2) is 0 Å². The van der Waals surface area contributed by atoms with E-state index in [0.29, 0.717) is 19.4 Å². The Morgan fingerprint density at radius 2 is 0.703 bits per heavy atom. The van der Waals surface area contributed by atoms with Crippen LogP contribution in [0.2, 0.25) is 0 Å². The highest BCUT2D eigenvalue weighted by molar-refractivity contribution is 5.70. The monoisotopic (exact) mass is 897 g/mol. The average Bonchev–Trinajstić information content (AvgIpc) is 3.30. The third kappa shape index (κ3) is 52.5. The standard InChI is InChI=1S/C59H108O5/c1-4-7-10-13-16-19-22-25-28-30-32-35-38-41-44-47-50-53-59(61)64-57(55-62-54-51-48-45-42-39-36-33-29-26-23-20-17-14-11-8-5-2)56-63-58(60)52-49-46-43-40-37-34-31-27-24-21-18-15-12-9-6-3/h9,12,18,21,27,31,37,40,57H,4-8,10-11,13-17,19-20,22-26,28-30,32-36,38-39,41-56H2,1-3H3/b12-9-,21-18-,31-27-,40-37-/t57-/m1/s1. The molecule has 0 aliphatic heterocycles. The maximum atomic E-state index is 12.8. The van der Waals surface area contributed by atoms with Gasteiger partial charge in [-0.15, -0.1) is 0 Å². The molecule has 0 amide bonds. The van der Waals surface area contributed by atoms with Gasteiger partial charge in [0, 0.05) is 19.4 Å². The van der Waals surface area contributed by atoms with Crippen LogP contribution in [0, 0.1) is 0 Å². The fourth-order valence-corrected chi connectivity index (χ4v) is 8.21. The fraction of sp³-hybridized carbons (Fsp3) is 0.831. The van der Waals surface area contributed by atoms with Crippen LogP contribution in [0.15, 0.2) is 48.6 Å². The van der Waals surface area contributed by atoms with Crippen molar-refractivity contribution in [3.63, 3.8) is 0 Å². The average molecular weight is 898 g/mol. The Kier molecular flexibility index (Phi) is 53.3. The highest BCUT2D eigenvalue weighted by Gasteiger charge is 2.17. The first-order chi connectivity index (χ1) is 31.6. The SMILES string of the molecule is CC/C=C\C/C=C\C/C=C\C/C=C\CCCCC(=O)OC[C@@H](COCCCCCCCCCCCCCCCCCC)OC(=O)CCCCCCCCCCCCCCCCCCC. The molecule has 0 aliphatic rings. The van der Waals surface area contributed by atoms with Gasteiger partial charge >= 0.3 is 11.9 Å². The van der Waals surface area contributed by atoms with Crippen LogP contribution in [-0.2, 0) is 23.8 Å². The third-order valence-electron chi connectivity index (χ3n) is 12.4. The zero-order chi connectivity index (χ0) is 46.3. The van der Waals surface area contributed by atoms with Gasteiger partial charge in [-0.3, -0.25) is 9.59 Å². The number of allylic oxidation sites excluding steroid dienone is 8. The summed E-state index contributed by atoms with van der Waals surface area (Å²) in [6, 6.07) is 0. The van der Waals surface area contributed by atoms with Crippen LogP contribution in [-0.4, -0.2) is 37.9 Å². The Morgan fingerprint density at radius 3 is 1.12 bits per heavy atom. The molecule has 0 N–H and O–H groups in total. The molecule has 0 fully saturated rings. The molecular formula is C59H108O5. The number of carbonyl (C=O) groups excluding carboxylic acids is 2. The summed E-state index contributed by atoms with van der Waals surface area (Å²) in [5, 5.41) is 0. The second kappa shape index (κ2) is 55.2. The number of carbonyl (C=O) groups is 2. The fourth-order valence-electron chi connectivity index (χ4n) is 8.21. The first-order valence-corrected chi connectivity index (χ1v) is 28.2. The lowest BCUT2D eigenvalue weighted by molar-refractivity contribution is -0.163.